The molecule has 43 heavy (non-hydrogen) atoms. The number of rotatable bonds is 7. The molecule has 1 unspecified atom stereocenters. The van der Waals surface area contributed by atoms with E-state index in [1.54, 1.807) is 6.07 Å². The number of ether oxygens (including phenoxy) is 2. The molecule has 0 aromatic heterocycles. The minimum Gasteiger partial charge on any atom is -0.448 e. The van der Waals surface area contributed by atoms with Gasteiger partial charge in [-0.05, 0) is 79.6 Å². The predicted octanol–water partition coefficient (Wildman–Crippen LogP) is 6.70. The van der Waals surface area contributed by atoms with Crippen LogP contribution < -0.4 is 4.90 Å². The molecule has 3 aromatic rings. The Hall–Kier alpha value is -3.10. The zero-order valence-corrected chi connectivity index (χ0v) is 26.2. The fraction of sp³-hybridized carbons (Fsp3) is 0.412. The van der Waals surface area contributed by atoms with E-state index in [2.05, 4.69) is 36.9 Å². The largest absolute Gasteiger partial charge is 0.448 e. The number of morpholine rings is 1. The van der Waals surface area contributed by atoms with E-state index in [1.165, 1.54) is 16.7 Å². The second kappa shape index (κ2) is 12.1. The number of aryl methyl sites for hydroxylation is 2. The van der Waals surface area contributed by atoms with E-state index in [9.17, 15) is 9.59 Å². The summed E-state index contributed by atoms with van der Waals surface area (Å²) in [5, 5.41) is 0.936. The summed E-state index contributed by atoms with van der Waals surface area (Å²) >= 11 is 12.8. The van der Waals surface area contributed by atoms with E-state index < -0.39 is 11.1 Å². The molecule has 0 bridgehead atoms. The lowest BCUT2D eigenvalue weighted by Gasteiger charge is -2.48. The number of nitrogens with zero attached hydrogens (tertiary/aromatic N) is 3. The summed E-state index contributed by atoms with van der Waals surface area (Å²) in [5.41, 5.74) is 4.21. The number of piperidine rings is 1. The van der Waals surface area contributed by atoms with Gasteiger partial charge in [-0.15, -0.1) is 0 Å². The average molecular weight is 623 g/mol. The number of benzene rings is 3. The van der Waals surface area contributed by atoms with Gasteiger partial charge in [-0.2, -0.15) is 0 Å². The third kappa shape index (κ3) is 5.76. The maximum atomic E-state index is 13.0. The highest BCUT2D eigenvalue weighted by molar-refractivity contribution is 6.42. The van der Waals surface area contributed by atoms with Crippen LogP contribution in [0.25, 0.3) is 0 Å². The topological polar surface area (TPSA) is 62.3 Å². The van der Waals surface area contributed by atoms with Crippen LogP contribution >= 0.6 is 23.2 Å². The number of anilines is 1. The Morgan fingerprint density at radius 1 is 0.837 bits per heavy atom. The van der Waals surface area contributed by atoms with Crippen molar-refractivity contribution in [3.05, 3.63) is 99.0 Å². The Morgan fingerprint density at radius 3 is 2.26 bits per heavy atom. The Bertz CT molecular complexity index is 1510. The molecule has 3 fully saturated rings. The van der Waals surface area contributed by atoms with Crippen molar-refractivity contribution in [3.63, 3.8) is 0 Å². The van der Waals surface area contributed by atoms with Crippen molar-refractivity contribution in [2.45, 2.75) is 44.2 Å². The summed E-state index contributed by atoms with van der Waals surface area (Å²) in [6, 6.07) is 21.9. The Morgan fingerprint density at radius 2 is 1.58 bits per heavy atom. The van der Waals surface area contributed by atoms with E-state index in [0.29, 0.717) is 36.2 Å². The van der Waals surface area contributed by atoms with Gasteiger partial charge in [0.1, 0.15) is 18.8 Å². The number of carbonyl (C=O) groups is 2. The van der Waals surface area contributed by atoms with Crippen LogP contribution in [0.3, 0.4) is 0 Å². The molecule has 0 N–H and O–H groups in total. The number of amides is 2. The first-order valence-electron chi connectivity index (χ1n) is 14.9. The van der Waals surface area contributed by atoms with Crippen LogP contribution in [0.2, 0.25) is 10.0 Å². The van der Waals surface area contributed by atoms with E-state index in [4.69, 9.17) is 32.7 Å². The molecular formula is C34H37Cl2N3O4. The molecule has 0 spiro atoms. The molecule has 9 heteroatoms. The number of carbonyl (C=O) groups excluding carboxylic acids is 2. The number of halogens is 2. The molecule has 0 saturated carbocycles. The van der Waals surface area contributed by atoms with Crippen LogP contribution in [0.4, 0.5) is 10.5 Å². The first kappa shape index (κ1) is 29.9. The Balaban J connectivity index is 1.25. The highest BCUT2D eigenvalue weighted by Gasteiger charge is 2.47. The highest BCUT2D eigenvalue weighted by Crippen LogP contribution is 2.43. The minimum absolute atomic E-state index is 0.0257. The van der Waals surface area contributed by atoms with Gasteiger partial charge < -0.3 is 19.3 Å². The summed E-state index contributed by atoms with van der Waals surface area (Å²) < 4.78 is 11.9. The molecule has 3 saturated heterocycles. The fourth-order valence-electron chi connectivity index (χ4n) is 6.77. The van der Waals surface area contributed by atoms with E-state index >= 15 is 0 Å². The van der Waals surface area contributed by atoms with Crippen LogP contribution in [-0.2, 0) is 25.4 Å². The van der Waals surface area contributed by atoms with Gasteiger partial charge >= 0.3 is 6.09 Å². The lowest BCUT2D eigenvalue weighted by Crippen LogP contribution is -2.56. The monoisotopic (exact) mass is 621 g/mol. The molecule has 226 valence electrons. The first-order chi connectivity index (χ1) is 20.7. The van der Waals surface area contributed by atoms with E-state index in [0.717, 1.165) is 43.7 Å². The number of para-hydroxylation sites is 1. The van der Waals surface area contributed by atoms with Crippen LogP contribution in [0.5, 0.6) is 0 Å². The average Bonchev–Trinajstić information content (AvgIpc) is 3.46. The second-order valence-corrected chi connectivity index (χ2v) is 12.7. The lowest BCUT2D eigenvalue weighted by atomic mass is 9.78. The summed E-state index contributed by atoms with van der Waals surface area (Å²) in [6.07, 6.45) is 2.04. The van der Waals surface area contributed by atoms with Crippen LogP contribution in [-0.4, -0.2) is 67.7 Å². The highest BCUT2D eigenvalue weighted by atomic mass is 35.5. The lowest BCUT2D eigenvalue weighted by molar-refractivity contribution is -0.141. The quantitative estimate of drug-likeness (QED) is 0.294. The second-order valence-electron chi connectivity index (χ2n) is 11.9. The SMILES string of the molecule is Cc1ccc(C2(N3CCOC3=O)CCN(CCC3(c4ccc(Cl)c(Cl)c4)CN(c4ccccc4)C(=O)CO3)CC2)cc1C. The zero-order valence-electron chi connectivity index (χ0n) is 24.7. The standard InChI is InChI=1S/C34H37Cl2N3O4/c1-24-8-9-26(20-25(24)2)33(39-18-19-42-32(39)41)12-15-37(16-13-33)17-14-34(27-10-11-29(35)30(36)21-27)23-38(31(40)22-43-34)28-6-4-3-5-7-28/h3-11,20-21H,12-19,22-23H2,1-2H3. The summed E-state index contributed by atoms with van der Waals surface area (Å²) in [6.45, 7) is 7.99. The van der Waals surface area contributed by atoms with Gasteiger partial charge in [0.2, 0.25) is 0 Å². The van der Waals surface area contributed by atoms with E-state index in [-0.39, 0.29) is 18.6 Å². The third-order valence-corrected chi connectivity index (χ3v) is 10.3. The molecule has 7 nitrogen and oxygen atoms in total. The first-order valence-corrected chi connectivity index (χ1v) is 15.7. The minimum atomic E-state index is -0.765. The summed E-state index contributed by atoms with van der Waals surface area (Å²) in [5.74, 6) is -0.0736. The van der Waals surface area contributed by atoms with E-state index in [1.807, 2.05) is 52.3 Å². The molecule has 1 atom stereocenters. The fourth-order valence-corrected chi connectivity index (χ4v) is 7.07. The van der Waals surface area contributed by atoms with Crippen molar-refractivity contribution in [2.24, 2.45) is 0 Å². The van der Waals surface area contributed by atoms with Crippen LogP contribution in [0, 0.1) is 13.8 Å². The van der Waals surface area contributed by atoms with Crippen LogP contribution in [0.1, 0.15) is 41.5 Å². The molecule has 3 aliphatic rings. The normalized spacial score (nSPS) is 22.6. The van der Waals surface area contributed by atoms with Gasteiger partial charge in [0.15, 0.2) is 0 Å². The van der Waals surface area contributed by atoms with Crippen molar-refractivity contribution < 1.29 is 19.1 Å². The Labute approximate surface area is 263 Å². The van der Waals surface area contributed by atoms with Crippen molar-refractivity contribution in [2.75, 3.05) is 50.8 Å². The van der Waals surface area contributed by atoms with Crippen LogP contribution in [0.15, 0.2) is 66.7 Å². The number of cyclic esters (lactones) is 1. The third-order valence-electron chi connectivity index (χ3n) is 9.54. The molecule has 2 amide bonds. The number of hydrogen-bond acceptors (Lipinski definition) is 5. The van der Waals surface area contributed by atoms with Crippen molar-refractivity contribution in [3.8, 4) is 0 Å². The smallest absolute Gasteiger partial charge is 0.410 e. The Kier molecular flexibility index (Phi) is 8.44. The molecule has 0 aliphatic carbocycles. The van der Waals surface area contributed by atoms with Gasteiger partial charge in [0.25, 0.3) is 5.91 Å². The van der Waals surface area contributed by atoms with Crippen molar-refractivity contribution >= 4 is 40.9 Å². The molecule has 3 heterocycles. The predicted molar refractivity (Wildman–Crippen MR) is 169 cm³/mol. The number of likely N-dealkylation sites (tertiary alicyclic amines) is 1. The summed E-state index contributed by atoms with van der Waals surface area (Å²) in [7, 11) is 0. The van der Waals surface area contributed by atoms with Gasteiger partial charge in [0, 0.05) is 25.3 Å². The van der Waals surface area contributed by atoms with Crippen molar-refractivity contribution in [1.82, 2.24) is 9.80 Å². The zero-order chi connectivity index (χ0) is 30.2. The molecule has 3 aromatic carbocycles. The van der Waals surface area contributed by atoms with Gasteiger partial charge in [0.05, 0.1) is 28.7 Å². The molecular weight excluding hydrogens is 585 g/mol. The van der Waals surface area contributed by atoms with Gasteiger partial charge in [-0.25, -0.2) is 4.79 Å². The summed E-state index contributed by atoms with van der Waals surface area (Å²) in [4.78, 5) is 32.1. The maximum Gasteiger partial charge on any atom is 0.410 e. The van der Waals surface area contributed by atoms with Crippen molar-refractivity contribution in [1.29, 1.82) is 0 Å². The van der Waals surface area contributed by atoms with Gasteiger partial charge in [-0.3, -0.25) is 9.69 Å². The maximum absolute atomic E-state index is 13.0. The van der Waals surface area contributed by atoms with Gasteiger partial charge in [-0.1, -0.05) is 65.7 Å². The molecule has 0 radical (unpaired) electrons. The molecule has 3 aliphatic heterocycles. The number of hydrogen-bond donors (Lipinski definition) is 0. The molecule has 6 rings (SSSR count).